The van der Waals surface area contributed by atoms with E-state index in [-0.39, 0.29) is 17.8 Å². The van der Waals surface area contributed by atoms with E-state index >= 15 is 0 Å². The molecule has 0 aliphatic heterocycles. The van der Waals surface area contributed by atoms with Gasteiger partial charge in [-0.25, -0.2) is 9.78 Å². The van der Waals surface area contributed by atoms with Crippen LogP contribution >= 0.6 is 0 Å². The summed E-state index contributed by atoms with van der Waals surface area (Å²) in [5.41, 5.74) is 3.83. The highest BCUT2D eigenvalue weighted by molar-refractivity contribution is 5.70. The van der Waals surface area contributed by atoms with Crippen molar-refractivity contribution in [3.8, 4) is 0 Å². The van der Waals surface area contributed by atoms with Crippen LogP contribution in [0.2, 0.25) is 0 Å². The highest BCUT2D eigenvalue weighted by Crippen LogP contribution is 2.16. The first-order valence-corrected chi connectivity index (χ1v) is 10.6. The van der Waals surface area contributed by atoms with Gasteiger partial charge in [-0.15, -0.1) is 0 Å². The van der Waals surface area contributed by atoms with E-state index in [0.717, 1.165) is 22.5 Å². The summed E-state index contributed by atoms with van der Waals surface area (Å²) in [5.74, 6) is 0.314. The van der Waals surface area contributed by atoms with Crippen molar-refractivity contribution < 1.29 is 0 Å². The topological polar surface area (TPSA) is 74.7 Å². The molecule has 4 aromatic rings. The lowest BCUT2D eigenvalue weighted by molar-refractivity contribution is 0.624. The minimum Gasteiger partial charge on any atom is -0.325 e. The van der Waals surface area contributed by atoms with Crippen LogP contribution in [-0.2, 0) is 19.6 Å². The molecule has 0 radical (unpaired) electrons. The van der Waals surface area contributed by atoms with E-state index < -0.39 is 0 Å². The lowest BCUT2D eigenvalue weighted by atomic mass is 10.1. The van der Waals surface area contributed by atoms with Gasteiger partial charge in [-0.2, -0.15) is 0 Å². The lowest BCUT2D eigenvalue weighted by Gasteiger charge is -2.14. The third-order valence-corrected chi connectivity index (χ3v) is 5.64. The maximum Gasteiger partial charge on any atom is 0.333 e. The van der Waals surface area contributed by atoms with E-state index in [2.05, 4.69) is 23.8 Å². The molecular weight excluding hydrogens is 390 g/mol. The Balaban J connectivity index is 1.89. The van der Waals surface area contributed by atoms with Crippen LogP contribution in [0.4, 0.5) is 0 Å². The molecule has 0 N–H and O–H groups in total. The number of rotatable bonds is 6. The van der Waals surface area contributed by atoms with Gasteiger partial charge in [-0.1, -0.05) is 50.2 Å². The Hall–Kier alpha value is -3.48. The van der Waals surface area contributed by atoms with Gasteiger partial charge in [0.05, 0.1) is 19.4 Å². The van der Waals surface area contributed by atoms with Crippen LogP contribution in [0.5, 0.6) is 0 Å². The molecule has 160 valence electrons. The van der Waals surface area contributed by atoms with Gasteiger partial charge in [0.1, 0.15) is 0 Å². The predicted octanol–water partition coefficient (Wildman–Crippen LogP) is 3.30. The number of fused-ring (bicyclic) bond motifs is 1. The van der Waals surface area contributed by atoms with E-state index in [1.165, 1.54) is 4.57 Å². The maximum atomic E-state index is 13.5. The molecule has 3 aromatic heterocycles. The van der Waals surface area contributed by atoms with E-state index in [1.54, 1.807) is 15.5 Å². The van der Waals surface area contributed by atoms with Gasteiger partial charge in [-0.3, -0.25) is 18.9 Å². The van der Waals surface area contributed by atoms with Crippen molar-refractivity contribution in [1.82, 2.24) is 23.7 Å². The molecule has 0 bridgehead atoms. The minimum atomic E-state index is -0.366. The molecule has 4 rings (SSSR count). The summed E-state index contributed by atoms with van der Waals surface area (Å²) < 4.78 is 4.68. The first-order valence-electron chi connectivity index (χ1n) is 10.6. The molecule has 31 heavy (non-hydrogen) atoms. The largest absolute Gasteiger partial charge is 0.333 e. The molecule has 0 atom stereocenters. The Kier molecular flexibility index (Phi) is 5.59. The number of pyridine rings is 1. The molecule has 7 heteroatoms. The molecule has 0 amide bonds. The molecule has 7 nitrogen and oxygen atoms in total. The lowest BCUT2D eigenvalue weighted by Crippen LogP contribution is -2.41. The van der Waals surface area contributed by atoms with Crippen LogP contribution < -0.4 is 11.2 Å². The molecule has 3 heterocycles. The zero-order chi connectivity index (χ0) is 22.1. The fraction of sp³-hybridized carbons (Fsp3) is 0.333. The number of aryl methyl sites for hydroxylation is 2. The average Bonchev–Trinajstić information content (AvgIpc) is 3.20. The van der Waals surface area contributed by atoms with Crippen LogP contribution in [0.1, 0.15) is 49.2 Å². The molecule has 0 fully saturated rings. The molecule has 0 unspecified atom stereocenters. The van der Waals surface area contributed by atoms with Crippen LogP contribution in [0.3, 0.4) is 0 Å². The average molecular weight is 418 g/mol. The highest BCUT2D eigenvalue weighted by atomic mass is 16.2. The van der Waals surface area contributed by atoms with Gasteiger partial charge in [0.15, 0.2) is 11.2 Å². The van der Waals surface area contributed by atoms with Crippen molar-refractivity contribution in [1.29, 1.82) is 0 Å². The maximum absolute atomic E-state index is 13.5. The Bertz CT molecular complexity index is 1350. The number of benzene rings is 1. The zero-order valence-corrected chi connectivity index (χ0v) is 18.4. The van der Waals surface area contributed by atoms with Crippen molar-refractivity contribution in [2.24, 2.45) is 0 Å². The summed E-state index contributed by atoms with van der Waals surface area (Å²) >= 11 is 0. The van der Waals surface area contributed by atoms with Crippen LogP contribution in [0, 0.1) is 6.92 Å². The number of hydrogen-bond donors (Lipinski definition) is 0. The Morgan fingerprint density at radius 1 is 0.968 bits per heavy atom. The molecular formula is C24H27N5O2. The number of nitrogens with zero attached hydrogens (tertiary/aromatic N) is 5. The molecule has 0 aliphatic rings. The summed E-state index contributed by atoms with van der Waals surface area (Å²) in [4.78, 5) is 35.9. The standard InChI is InChI=1S/C24H27N5O2/c1-5-27-15-25-22-21(27)23(30)29(14-19-11-12-20(16(2)3)26-17(19)4)24(31)28(22)13-18-9-7-6-8-10-18/h6-12,15-16H,5,13-14H2,1-4H3. The fourth-order valence-corrected chi connectivity index (χ4v) is 3.79. The Labute approximate surface area is 180 Å². The monoisotopic (exact) mass is 417 g/mol. The van der Waals surface area contributed by atoms with Gasteiger partial charge < -0.3 is 4.57 Å². The predicted molar refractivity (Wildman–Crippen MR) is 122 cm³/mol. The number of hydrogen-bond acceptors (Lipinski definition) is 4. The first-order chi connectivity index (χ1) is 14.9. The van der Waals surface area contributed by atoms with Gasteiger partial charge in [0.2, 0.25) is 0 Å². The van der Waals surface area contributed by atoms with Crippen LogP contribution in [0.25, 0.3) is 11.2 Å². The molecule has 0 spiro atoms. The summed E-state index contributed by atoms with van der Waals surface area (Å²) in [6, 6.07) is 13.7. The van der Waals surface area contributed by atoms with E-state index in [0.29, 0.717) is 30.2 Å². The smallest absolute Gasteiger partial charge is 0.325 e. The molecule has 0 aliphatic carbocycles. The van der Waals surface area contributed by atoms with Gasteiger partial charge >= 0.3 is 5.69 Å². The van der Waals surface area contributed by atoms with Crippen molar-refractivity contribution in [3.63, 3.8) is 0 Å². The van der Waals surface area contributed by atoms with Gasteiger partial charge in [0, 0.05) is 17.9 Å². The summed E-state index contributed by atoms with van der Waals surface area (Å²) in [6.45, 7) is 9.18. The normalized spacial score (nSPS) is 11.5. The van der Waals surface area contributed by atoms with E-state index in [1.807, 2.05) is 56.3 Å². The highest BCUT2D eigenvalue weighted by Gasteiger charge is 2.19. The van der Waals surface area contributed by atoms with Crippen molar-refractivity contribution in [2.45, 2.75) is 53.2 Å². The first kappa shape index (κ1) is 20.8. The third kappa shape index (κ3) is 3.83. The minimum absolute atomic E-state index is 0.175. The van der Waals surface area contributed by atoms with E-state index in [9.17, 15) is 9.59 Å². The van der Waals surface area contributed by atoms with Crippen molar-refractivity contribution in [3.05, 3.63) is 92.1 Å². The molecule has 0 saturated heterocycles. The molecule has 0 saturated carbocycles. The zero-order valence-electron chi connectivity index (χ0n) is 18.4. The summed E-state index contributed by atoms with van der Waals surface area (Å²) in [6.07, 6.45) is 1.63. The van der Waals surface area contributed by atoms with Gasteiger partial charge in [-0.05, 0) is 37.0 Å². The molecule has 1 aromatic carbocycles. The second kappa shape index (κ2) is 8.34. The number of imidazole rings is 1. The summed E-state index contributed by atoms with van der Waals surface area (Å²) in [7, 11) is 0. The van der Waals surface area contributed by atoms with Crippen LogP contribution in [0.15, 0.2) is 58.4 Å². The Morgan fingerprint density at radius 3 is 2.35 bits per heavy atom. The second-order valence-electron chi connectivity index (χ2n) is 8.08. The number of aromatic nitrogens is 5. The van der Waals surface area contributed by atoms with Gasteiger partial charge in [0.25, 0.3) is 5.56 Å². The SMILES string of the molecule is CCn1cnc2c1c(=O)n(Cc1ccc(C(C)C)nc1C)c(=O)n2Cc1ccccc1. The second-order valence-corrected chi connectivity index (χ2v) is 8.08. The van der Waals surface area contributed by atoms with Crippen LogP contribution in [-0.4, -0.2) is 23.7 Å². The summed E-state index contributed by atoms with van der Waals surface area (Å²) in [5, 5.41) is 0. The quantitative estimate of drug-likeness (QED) is 0.482. The van der Waals surface area contributed by atoms with Crippen molar-refractivity contribution >= 4 is 11.2 Å². The third-order valence-electron chi connectivity index (χ3n) is 5.64. The van der Waals surface area contributed by atoms with E-state index in [4.69, 9.17) is 0 Å². The Morgan fingerprint density at radius 2 is 1.71 bits per heavy atom. The fourth-order valence-electron chi connectivity index (χ4n) is 3.79. The van der Waals surface area contributed by atoms with Crippen molar-refractivity contribution in [2.75, 3.05) is 0 Å².